The summed E-state index contributed by atoms with van der Waals surface area (Å²) < 4.78 is 13.2. The van der Waals surface area contributed by atoms with E-state index in [0.29, 0.717) is 24.9 Å². The standard InChI is InChI=1S/C21H25FN4O/c1-14-4-5-15(2)18(12-14)25-21(27)9-11-26(3)10-8-20-23-17-7-6-16(22)13-19(17)24-20/h4-7,12-13H,8-11H2,1-3H3,(H,23,24)(H,25,27). The number of hydrogen-bond donors (Lipinski definition) is 2. The first kappa shape index (κ1) is 19.0. The number of fused-ring (bicyclic) bond motifs is 1. The van der Waals surface area contributed by atoms with E-state index in [2.05, 4.69) is 20.2 Å². The average Bonchev–Trinajstić information content (AvgIpc) is 3.03. The zero-order chi connectivity index (χ0) is 19.4. The summed E-state index contributed by atoms with van der Waals surface area (Å²) in [5.41, 5.74) is 4.53. The smallest absolute Gasteiger partial charge is 0.225 e. The maximum absolute atomic E-state index is 13.2. The Morgan fingerprint density at radius 3 is 2.81 bits per heavy atom. The molecule has 2 N–H and O–H groups in total. The molecule has 0 spiro atoms. The number of carbonyl (C=O) groups excluding carboxylic acids is 1. The van der Waals surface area contributed by atoms with Gasteiger partial charge in [0, 0.05) is 31.6 Å². The van der Waals surface area contributed by atoms with Gasteiger partial charge in [-0.05, 0) is 56.3 Å². The first-order chi connectivity index (χ1) is 12.9. The number of nitrogens with one attached hydrogen (secondary N) is 2. The van der Waals surface area contributed by atoms with Gasteiger partial charge in [-0.3, -0.25) is 4.79 Å². The minimum absolute atomic E-state index is 0.00904. The fraction of sp³-hybridized carbons (Fsp3) is 0.333. The van der Waals surface area contributed by atoms with Crippen molar-refractivity contribution in [2.75, 3.05) is 25.5 Å². The first-order valence-corrected chi connectivity index (χ1v) is 9.10. The van der Waals surface area contributed by atoms with Gasteiger partial charge in [-0.2, -0.15) is 0 Å². The number of aromatic nitrogens is 2. The zero-order valence-electron chi connectivity index (χ0n) is 16.0. The second-order valence-corrected chi connectivity index (χ2v) is 7.01. The SMILES string of the molecule is Cc1ccc(C)c(NC(=O)CCN(C)CCc2nc3ccc(F)cc3[nH]2)c1. The summed E-state index contributed by atoms with van der Waals surface area (Å²) >= 11 is 0. The van der Waals surface area contributed by atoms with Crippen LogP contribution in [-0.2, 0) is 11.2 Å². The molecule has 0 bridgehead atoms. The Morgan fingerprint density at radius 1 is 1.19 bits per heavy atom. The molecule has 0 saturated carbocycles. The number of amides is 1. The van der Waals surface area contributed by atoms with Crippen LogP contribution in [0.15, 0.2) is 36.4 Å². The maximum atomic E-state index is 13.2. The van der Waals surface area contributed by atoms with Crippen LogP contribution in [0.2, 0.25) is 0 Å². The van der Waals surface area contributed by atoms with Crippen LogP contribution in [0.4, 0.5) is 10.1 Å². The number of hydrogen-bond acceptors (Lipinski definition) is 3. The quantitative estimate of drug-likeness (QED) is 0.666. The van der Waals surface area contributed by atoms with Crippen LogP contribution in [0, 0.1) is 19.7 Å². The van der Waals surface area contributed by atoms with Crippen LogP contribution in [0.3, 0.4) is 0 Å². The van der Waals surface area contributed by atoms with E-state index in [9.17, 15) is 9.18 Å². The molecule has 0 aliphatic carbocycles. The van der Waals surface area contributed by atoms with Crippen molar-refractivity contribution in [3.8, 4) is 0 Å². The molecule has 0 atom stereocenters. The Labute approximate surface area is 158 Å². The van der Waals surface area contributed by atoms with Crippen molar-refractivity contribution >= 4 is 22.6 Å². The van der Waals surface area contributed by atoms with Crippen molar-refractivity contribution in [3.63, 3.8) is 0 Å². The van der Waals surface area contributed by atoms with Gasteiger partial charge >= 0.3 is 0 Å². The molecule has 0 aliphatic rings. The summed E-state index contributed by atoms with van der Waals surface area (Å²) in [6, 6.07) is 10.6. The molecule has 0 unspecified atom stereocenters. The predicted molar refractivity (Wildman–Crippen MR) is 106 cm³/mol. The Balaban J connectivity index is 1.46. The van der Waals surface area contributed by atoms with Crippen molar-refractivity contribution in [3.05, 3.63) is 59.2 Å². The third kappa shape index (κ3) is 5.14. The van der Waals surface area contributed by atoms with Crippen molar-refractivity contribution in [2.24, 2.45) is 0 Å². The Kier molecular flexibility index (Phi) is 5.86. The molecule has 27 heavy (non-hydrogen) atoms. The number of aromatic amines is 1. The zero-order valence-corrected chi connectivity index (χ0v) is 16.0. The van der Waals surface area contributed by atoms with E-state index in [1.807, 2.05) is 39.1 Å². The van der Waals surface area contributed by atoms with Crippen LogP contribution in [0.1, 0.15) is 23.4 Å². The molecular weight excluding hydrogens is 343 g/mol. The molecule has 3 aromatic rings. The molecule has 1 amide bonds. The number of halogens is 1. The normalized spacial score (nSPS) is 11.3. The van der Waals surface area contributed by atoms with E-state index in [-0.39, 0.29) is 11.7 Å². The van der Waals surface area contributed by atoms with Crippen molar-refractivity contribution in [1.29, 1.82) is 0 Å². The topological polar surface area (TPSA) is 61.0 Å². The number of H-pyrrole nitrogens is 1. The van der Waals surface area contributed by atoms with Gasteiger partial charge in [-0.15, -0.1) is 0 Å². The summed E-state index contributed by atoms with van der Waals surface area (Å²) in [6.07, 6.45) is 1.14. The van der Waals surface area contributed by atoms with Crippen LogP contribution in [0.5, 0.6) is 0 Å². The number of likely N-dealkylation sites (N-methyl/N-ethyl adjacent to an activating group) is 1. The second-order valence-electron chi connectivity index (χ2n) is 7.01. The lowest BCUT2D eigenvalue weighted by atomic mass is 10.1. The number of rotatable bonds is 7. The van der Waals surface area contributed by atoms with E-state index >= 15 is 0 Å². The third-order valence-corrected chi connectivity index (χ3v) is 4.61. The van der Waals surface area contributed by atoms with Gasteiger partial charge in [0.1, 0.15) is 11.6 Å². The lowest BCUT2D eigenvalue weighted by molar-refractivity contribution is -0.116. The van der Waals surface area contributed by atoms with Crippen LogP contribution in [-0.4, -0.2) is 40.9 Å². The van der Waals surface area contributed by atoms with Crippen molar-refractivity contribution in [1.82, 2.24) is 14.9 Å². The van der Waals surface area contributed by atoms with Gasteiger partial charge in [-0.25, -0.2) is 9.37 Å². The number of nitrogens with zero attached hydrogens (tertiary/aromatic N) is 2. The molecular formula is C21H25FN4O. The molecule has 142 valence electrons. The van der Waals surface area contributed by atoms with Gasteiger partial charge in [0.15, 0.2) is 0 Å². The lowest BCUT2D eigenvalue weighted by Crippen LogP contribution is -2.26. The molecule has 1 aromatic heterocycles. The average molecular weight is 368 g/mol. The molecule has 3 rings (SSSR count). The molecule has 0 saturated heterocycles. The number of anilines is 1. The highest BCUT2D eigenvalue weighted by molar-refractivity contribution is 5.91. The third-order valence-electron chi connectivity index (χ3n) is 4.61. The minimum atomic E-state index is -0.273. The maximum Gasteiger partial charge on any atom is 0.225 e. The van der Waals surface area contributed by atoms with E-state index in [1.165, 1.54) is 12.1 Å². The summed E-state index contributed by atoms with van der Waals surface area (Å²) in [5.74, 6) is 0.557. The highest BCUT2D eigenvalue weighted by atomic mass is 19.1. The fourth-order valence-electron chi connectivity index (χ4n) is 2.94. The predicted octanol–water partition coefficient (Wildman–Crippen LogP) is 3.82. The van der Waals surface area contributed by atoms with E-state index in [1.54, 1.807) is 6.07 Å². The first-order valence-electron chi connectivity index (χ1n) is 9.10. The van der Waals surface area contributed by atoms with Crippen LogP contribution in [0.25, 0.3) is 11.0 Å². The second kappa shape index (κ2) is 8.31. The van der Waals surface area contributed by atoms with Gasteiger partial charge < -0.3 is 15.2 Å². The summed E-state index contributed by atoms with van der Waals surface area (Å²) in [6.45, 7) is 5.42. The summed E-state index contributed by atoms with van der Waals surface area (Å²) in [4.78, 5) is 21.9. The molecule has 6 heteroatoms. The number of benzene rings is 2. The number of carbonyl (C=O) groups is 1. The Hall–Kier alpha value is -2.73. The molecule has 2 aromatic carbocycles. The molecule has 0 aliphatic heterocycles. The van der Waals surface area contributed by atoms with Crippen molar-refractivity contribution in [2.45, 2.75) is 26.7 Å². The van der Waals surface area contributed by atoms with E-state index in [4.69, 9.17) is 0 Å². The van der Waals surface area contributed by atoms with Crippen molar-refractivity contribution < 1.29 is 9.18 Å². The number of aryl methyl sites for hydroxylation is 2. The Morgan fingerprint density at radius 2 is 2.00 bits per heavy atom. The van der Waals surface area contributed by atoms with Crippen LogP contribution < -0.4 is 5.32 Å². The highest BCUT2D eigenvalue weighted by Gasteiger charge is 2.09. The van der Waals surface area contributed by atoms with Crippen LogP contribution >= 0.6 is 0 Å². The van der Waals surface area contributed by atoms with Gasteiger partial charge in [0.2, 0.25) is 5.91 Å². The Bertz CT molecular complexity index is 951. The van der Waals surface area contributed by atoms with E-state index in [0.717, 1.165) is 34.7 Å². The fourth-order valence-corrected chi connectivity index (χ4v) is 2.94. The summed E-state index contributed by atoms with van der Waals surface area (Å²) in [5, 5.41) is 2.98. The highest BCUT2D eigenvalue weighted by Crippen LogP contribution is 2.16. The molecule has 5 nitrogen and oxygen atoms in total. The lowest BCUT2D eigenvalue weighted by Gasteiger charge is -2.16. The summed E-state index contributed by atoms with van der Waals surface area (Å²) in [7, 11) is 1.98. The number of imidazole rings is 1. The largest absolute Gasteiger partial charge is 0.342 e. The molecule has 1 heterocycles. The molecule has 0 fully saturated rings. The molecule has 0 radical (unpaired) electrons. The van der Waals surface area contributed by atoms with Gasteiger partial charge in [0.05, 0.1) is 11.0 Å². The minimum Gasteiger partial charge on any atom is -0.342 e. The van der Waals surface area contributed by atoms with E-state index < -0.39 is 0 Å². The van der Waals surface area contributed by atoms with Gasteiger partial charge in [0.25, 0.3) is 0 Å². The monoisotopic (exact) mass is 368 g/mol. The van der Waals surface area contributed by atoms with Gasteiger partial charge in [-0.1, -0.05) is 12.1 Å².